The van der Waals surface area contributed by atoms with Crippen molar-refractivity contribution in [3.63, 3.8) is 0 Å². The second-order valence-electron chi connectivity index (χ2n) is 5.91. The van der Waals surface area contributed by atoms with Crippen molar-refractivity contribution >= 4 is 35.5 Å². The summed E-state index contributed by atoms with van der Waals surface area (Å²) in [6.45, 7) is 0. The molecule has 0 saturated carbocycles. The van der Waals surface area contributed by atoms with Crippen LogP contribution >= 0.6 is 0 Å². The Hall–Kier alpha value is -3.28. The van der Waals surface area contributed by atoms with Crippen LogP contribution in [-0.2, 0) is 0 Å². The fraction of sp³-hybridized carbons (Fsp3) is 0. The fourth-order valence-corrected chi connectivity index (χ4v) is 5.57. The van der Waals surface area contributed by atoms with Crippen molar-refractivity contribution in [1.82, 2.24) is 0 Å². The molecule has 4 rings (SSSR count). The normalized spacial score (nSPS) is 10.8. The van der Waals surface area contributed by atoms with Crippen molar-refractivity contribution < 1.29 is 9.85 Å². The van der Waals surface area contributed by atoms with Gasteiger partial charge < -0.3 is 0 Å². The molecule has 6 nitrogen and oxygen atoms in total. The Balaban J connectivity index is 1.99. The van der Waals surface area contributed by atoms with Crippen molar-refractivity contribution in [1.29, 1.82) is 0 Å². The zero-order valence-corrected chi connectivity index (χ0v) is 15.6. The third-order valence-corrected chi connectivity index (χ3v) is 6.84. The predicted molar refractivity (Wildman–Crippen MR) is 105 cm³/mol. The summed E-state index contributed by atoms with van der Waals surface area (Å²) in [5, 5.41) is 23.0. The first-order chi connectivity index (χ1) is 13.0. The second kappa shape index (κ2) is 6.79. The molecule has 0 radical (unpaired) electrons. The number of nitro benzene ring substituents is 2. The van der Waals surface area contributed by atoms with E-state index in [0.717, 1.165) is 30.8 Å². The fourth-order valence-electron chi connectivity index (χ4n) is 3.03. The molecular formula is C20H12N2O4Se. The number of hydrogen-bond donors (Lipinski definition) is 0. The Bertz CT molecular complexity index is 1170. The first-order valence-electron chi connectivity index (χ1n) is 8.06. The van der Waals surface area contributed by atoms with Crippen LogP contribution < -0.4 is 0 Å². The summed E-state index contributed by atoms with van der Waals surface area (Å²) in [4.78, 5) is 21.3. The summed E-state index contributed by atoms with van der Waals surface area (Å²) >= 11 is -0.0498. The molecule has 0 aliphatic carbocycles. The summed E-state index contributed by atoms with van der Waals surface area (Å²) in [7, 11) is 0. The number of non-ortho nitro benzene ring substituents is 2. The van der Waals surface area contributed by atoms with Crippen LogP contribution in [0, 0.1) is 20.2 Å². The van der Waals surface area contributed by atoms with E-state index < -0.39 is 4.92 Å². The van der Waals surface area contributed by atoms with Gasteiger partial charge in [0.25, 0.3) is 0 Å². The van der Waals surface area contributed by atoms with Gasteiger partial charge in [0.15, 0.2) is 0 Å². The molecule has 0 bridgehead atoms. The third-order valence-electron chi connectivity index (χ3n) is 4.29. The van der Waals surface area contributed by atoms with Gasteiger partial charge in [-0.3, -0.25) is 0 Å². The molecule has 0 aliphatic rings. The maximum atomic E-state index is 11.2. The third kappa shape index (κ3) is 3.14. The van der Waals surface area contributed by atoms with Crippen molar-refractivity contribution in [3.8, 4) is 21.1 Å². The molecule has 0 unspecified atom stereocenters. The number of nitrogens with zero attached hydrogens (tertiary/aromatic N) is 2. The molecule has 132 valence electrons. The summed E-state index contributed by atoms with van der Waals surface area (Å²) in [5.74, 6) is 0. The molecular weight excluding hydrogens is 411 g/mol. The number of fused-ring (bicyclic) bond motifs is 1. The predicted octanol–water partition coefficient (Wildman–Crippen LogP) is 5.05. The first kappa shape index (κ1) is 17.1. The Labute approximate surface area is 159 Å². The van der Waals surface area contributed by atoms with Crippen LogP contribution in [-0.4, -0.2) is 24.4 Å². The maximum absolute atomic E-state index is 11.2. The van der Waals surface area contributed by atoms with Crippen LogP contribution in [0.25, 0.3) is 30.8 Å². The molecule has 0 aliphatic heterocycles. The van der Waals surface area contributed by atoms with E-state index in [1.165, 1.54) is 18.2 Å². The molecule has 27 heavy (non-hydrogen) atoms. The first-order valence-corrected chi connectivity index (χ1v) is 9.77. The second-order valence-corrected chi connectivity index (χ2v) is 8.12. The van der Waals surface area contributed by atoms with E-state index >= 15 is 0 Å². The van der Waals surface area contributed by atoms with Crippen LogP contribution in [0.2, 0.25) is 0 Å². The number of benzene rings is 3. The Morgan fingerprint density at radius 1 is 0.704 bits per heavy atom. The van der Waals surface area contributed by atoms with Crippen LogP contribution in [0.15, 0.2) is 72.8 Å². The van der Waals surface area contributed by atoms with Gasteiger partial charge in [-0.2, -0.15) is 0 Å². The van der Waals surface area contributed by atoms with Gasteiger partial charge in [0.1, 0.15) is 0 Å². The number of rotatable bonds is 4. The molecule has 0 saturated heterocycles. The molecule has 0 fully saturated rings. The monoisotopic (exact) mass is 424 g/mol. The van der Waals surface area contributed by atoms with Gasteiger partial charge in [-0.1, -0.05) is 0 Å². The van der Waals surface area contributed by atoms with Gasteiger partial charge in [-0.05, 0) is 0 Å². The van der Waals surface area contributed by atoms with Gasteiger partial charge in [0.05, 0.1) is 0 Å². The van der Waals surface area contributed by atoms with Crippen molar-refractivity contribution in [2.45, 2.75) is 0 Å². The van der Waals surface area contributed by atoms with Gasteiger partial charge >= 0.3 is 160 Å². The van der Waals surface area contributed by atoms with Crippen molar-refractivity contribution in [2.75, 3.05) is 0 Å². The molecule has 0 spiro atoms. The van der Waals surface area contributed by atoms with E-state index in [4.69, 9.17) is 0 Å². The van der Waals surface area contributed by atoms with Crippen LogP contribution in [0.5, 0.6) is 0 Å². The van der Waals surface area contributed by atoms with Gasteiger partial charge in [-0.15, -0.1) is 0 Å². The summed E-state index contributed by atoms with van der Waals surface area (Å²) in [6, 6.07) is 21.2. The Kier molecular flexibility index (Phi) is 4.31. The summed E-state index contributed by atoms with van der Waals surface area (Å²) < 4.78 is 2.14. The van der Waals surface area contributed by atoms with Crippen LogP contribution in [0.4, 0.5) is 11.4 Å². The van der Waals surface area contributed by atoms with Crippen LogP contribution in [0.3, 0.4) is 0 Å². The van der Waals surface area contributed by atoms with Crippen molar-refractivity contribution in [3.05, 3.63) is 93.0 Å². The van der Waals surface area contributed by atoms with E-state index in [-0.39, 0.29) is 30.8 Å². The zero-order chi connectivity index (χ0) is 19.0. The molecule has 4 aromatic rings. The van der Waals surface area contributed by atoms with Gasteiger partial charge in [-0.25, -0.2) is 0 Å². The minimum absolute atomic E-state index is 0.0410. The quantitative estimate of drug-likeness (QED) is 0.261. The van der Waals surface area contributed by atoms with E-state index in [9.17, 15) is 20.2 Å². The van der Waals surface area contributed by atoms with Gasteiger partial charge in [0, 0.05) is 0 Å². The van der Waals surface area contributed by atoms with Gasteiger partial charge in [0.2, 0.25) is 0 Å². The average Bonchev–Trinajstić information content (AvgIpc) is 3.07. The number of hydrogen-bond acceptors (Lipinski definition) is 4. The van der Waals surface area contributed by atoms with E-state index in [1.807, 2.05) is 36.4 Å². The van der Waals surface area contributed by atoms with E-state index in [0.29, 0.717) is 0 Å². The topological polar surface area (TPSA) is 86.3 Å². The Morgan fingerprint density at radius 3 is 1.96 bits per heavy atom. The Morgan fingerprint density at radius 2 is 1.33 bits per heavy atom. The minimum atomic E-state index is -0.422. The van der Waals surface area contributed by atoms with Crippen LogP contribution in [0.1, 0.15) is 0 Å². The molecule has 1 heterocycles. The average molecular weight is 423 g/mol. The molecule has 0 atom stereocenters. The molecule has 1 aromatic heterocycles. The van der Waals surface area contributed by atoms with E-state index in [1.54, 1.807) is 18.2 Å². The summed E-state index contributed by atoms with van der Waals surface area (Å²) in [5.41, 5.74) is 2.94. The molecule has 0 N–H and O–H groups in total. The van der Waals surface area contributed by atoms with E-state index in [2.05, 4.69) is 0 Å². The molecule has 3 aromatic carbocycles. The SMILES string of the molecule is O=[N+]([O-])c1ccc(-c2[se]c3ccc([N+](=O)[O-])cc3c2-c2ccccc2)cc1. The number of nitro groups is 2. The van der Waals surface area contributed by atoms with Crippen molar-refractivity contribution in [2.24, 2.45) is 0 Å². The zero-order valence-electron chi connectivity index (χ0n) is 13.9. The standard InChI is InChI=1S/C20H12N2O4Se/c23-21(24)15-8-6-14(7-9-15)20-19(13-4-2-1-3-5-13)17-12-16(22(25)26)10-11-18(17)27-20/h1-12H. The molecule has 0 amide bonds. The molecule has 7 heteroatoms. The summed E-state index contributed by atoms with van der Waals surface area (Å²) in [6.07, 6.45) is 0.